The lowest BCUT2D eigenvalue weighted by Crippen LogP contribution is -2.14. The van der Waals surface area contributed by atoms with Crippen molar-refractivity contribution >= 4 is 38.3 Å². The van der Waals surface area contributed by atoms with E-state index in [4.69, 9.17) is 4.74 Å². The summed E-state index contributed by atoms with van der Waals surface area (Å²) in [6.45, 7) is 0. The van der Waals surface area contributed by atoms with Crippen molar-refractivity contribution in [3.8, 4) is 5.75 Å². The van der Waals surface area contributed by atoms with Crippen LogP contribution in [0.5, 0.6) is 5.75 Å². The lowest BCUT2D eigenvalue weighted by atomic mass is 10.1. The van der Waals surface area contributed by atoms with Crippen LogP contribution in [0.3, 0.4) is 0 Å². The average molecular weight is 418 g/mol. The second-order valence-electron chi connectivity index (χ2n) is 5.38. The van der Waals surface area contributed by atoms with Crippen LogP contribution in [-0.4, -0.2) is 23.2 Å². The molecule has 0 aliphatic heterocycles. The van der Waals surface area contributed by atoms with Gasteiger partial charge in [0.1, 0.15) is 10.8 Å². The van der Waals surface area contributed by atoms with Gasteiger partial charge in [-0.25, -0.2) is 0 Å². The van der Waals surface area contributed by atoms with Crippen LogP contribution in [0.2, 0.25) is 0 Å². The first-order chi connectivity index (χ1) is 12.1. The first-order valence-electron chi connectivity index (χ1n) is 7.62. The number of rotatable bonds is 6. The molecule has 3 rings (SSSR count). The maximum Gasteiger partial charge on any atom is 0.230 e. The van der Waals surface area contributed by atoms with Crippen LogP contribution >= 0.6 is 27.3 Å². The van der Waals surface area contributed by atoms with Gasteiger partial charge in [-0.1, -0.05) is 51.5 Å². The van der Waals surface area contributed by atoms with Crippen molar-refractivity contribution in [3.63, 3.8) is 0 Å². The summed E-state index contributed by atoms with van der Waals surface area (Å²) >= 11 is 4.77. The number of halogens is 1. The van der Waals surface area contributed by atoms with Crippen molar-refractivity contribution in [1.82, 2.24) is 10.2 Å². The van der Waals surface area contributed by atoms with Crippen molar-refractivity contribution in [1.29, 1.82) is 0 Å². The van der Waals surface area contributed by atoms with Crippen LogP contribution < -0.4 is 10.1 Å². The number of hydrogen-bond acceptors (Lipinski definition) is 5. The first kappa shape index (κ1) is 17.6. The van der Waals surface area contributed by atoms with E-state index in [1.807, 2.05) is 48.5 Å². The quantitative estimate of drug-likeness (QED) is 0.655. The Morgan fingerprint density at radius 3 is 2.44 bits per heavy atom. The molecule has 5 nitrogen and oxygen atoms in total. The molecule has 0 saturated carbocycles. The molecule has 1 amide bonds. The molecular formula is C18H16BrN3O2S. The minimum absolute atomic E-state index is 0.102. The Labute approximate surface area is 158 Å². The van der Waals surface area contributed by atoms with E-state index in [0.29, 0.717) is 18.0 Å². The fraction of sp³-hybridized carbons (Fsp3) is 0.167. The van der Waals surface area contributed by atoms with Crippen LogP contribution in [0.4, 0.5) is 5.13 Å². The number of nitrogens with zero attached hydrogens (tertiary/aromatic N) is 2. The number of nitrogens with one attached hydrogen (secondary N) is 1. The van der Waals surface area contributed by atoms with E-state index in [1.54, 1.807) is 7.11 Å². The molecule has 0 atom stereocenters. The molecule has 1 N–H and O–H groups in total. The van der Waals surface area contributed by atoms with Crippen LogP contribution in [-0.2, 0) is 17.6 Å². The van der Waals surface area contributed by atoms with Gasteiger partial charge in [-0.05, 0) is 35.4 Å². The third-order valence-corrected chi connectivity index (χ3v) is 4.87. The molecule has 0 bridgehead atoms. The maximum atomic E-state index is 12.1. The van der Waals surface area contributed by atoms with E-state index in [1.165, 1.54) is 11.3 Å². The molecule has 0 radical (unpaired) electrons. The van der Waals surface area contributed by atoms with Gasteiger partial charge < -0.3 is 10.1 Å². The standard InChI is InChI=1S/C18H16BrN3O2S/c1-24-15-8-4-13(5-9-15)11-17-21-22-18(25-17)20-16(23)10-12-2-6-14(19)7-3-12/h2-9H,10-11H2,1H3,(H,20,22,23). The highest BCUT2D eigenvalue weighted by molar-refractivity contribution is 9.10. The molecule has 0 saturated heterocycles. The number of amides is 1. The van der Waals surface area contributed by atoms with E-state index in [0.717, 1.165) is 26.4 Å². The van der Waals surface area contributed by atoms with Crippen molar-refractivity contribution in [2.45, 2.75) is 12.8 Å². The minimum Gasteiger partial charge on any atom is -0.497 e. The van der Waals surface area contributed by atoms with E-state index in [2.05, 4.69) is 31.4 Å². The van der Waals surface area contributed by atoms with Crippen molar-refractivity contribution < 1.29 is 9.53 Å². The summed E-state index contributed by atoms with van der Waals surface area (Å²) in [6, 6.07) is 15.5. The molecule has 0 spiro atoms. The molecular weight excluding hydrogens is 402 g/mol. The molecule has 0 fully saturated rings. The maximum absolute atomic E-state index is 12.1. The summed E-state index contributed by atoms with van der Waals surface area (Å²) in [6.07, 6.45) is 0.977. The number of anilines is 1. The van der Waals surface area contributed by atoms with Crippen LogP contribution in [0, 0.1) is 0 Å². The number of carbonyl (C=O) groups excluding carboxylic acids is 1. The monoisotopic (exact) mass is 417 g/mol. The van der Waals surface area contributed by atoms with E-state index >= 15 is 0 Å². The molecule has 2 aromatic carbocycles. The summed E-state index contributed by atoms with van der Waals surface area (Å²) in [4.78, 5) is 12.1. The van der Waals surface area contributed by atoms with Crippen LogP contribution in [0.15, 0.2) is 53.0 Å². The summed E-state index contributed by atoms with van der Waals surface area (Å²) in [5, 5.41) is 12.4. The molecule has 0 aliphatic carbocycles. The Morgan fingerprint density at radius 2 is 1.76 bits per heavy atom. The smallest absolute Gasteiger partial charge is 0.230 e. The van der Waals surface area contributed by atoms with Gasteiger partial charge in [0.15, 0.2) is 0 Å². The zero-order valence-corrected chi connectivity index (χ0v) is 15.9. The fourth-order valence-corrected chi connectivity index (χ4v) is 3.30. The van der Waals surface area contributed by atoms with Crippen LogP contribution in [0.25, 0.3) is 0 Å². The van der Waals surface area contributed by atoms with Crippen LogP contribution in [0.1, 0.15) is 16.1 Å². The number of methoxy groups -OCH3 is 1. The SMILES string of the molecule is COc1ccc(Cc2nnc(NC(=O)Cc3ccc(Br)cc3)s2)cc1. The Bertz CT molecular complexity index is 848. The highest BCUT2D eigenvalue weighted by Gasteiger charge is 2.09. The molecule has 1 heterocycles. The Kier molecular flexibility index (Phi) is 5.78. The highest BCUT2D eigenvalue weighted by Crippen LogP contribution is 2.20. The van der Waals surface area contributed by atoms with Gasteiger partial charge in [-0.2, -0.15) is 0 Å². The molecule has 0 aliphatic rings. The minimum atomic E-state index is -0.102. The Hall–Kier alpha value is -2.25. The molecule has 7 heteroatoms. The van der Waals surface area contributed by atoms with Crippen molar-refractivity contribution in [2.75, 3.05) is 12.4 Å². The number of benzene rings is 2. The summed E-state index contributed by atoms with van der Waals surface area (Å²) in [7, 11) is 1.64. The zero-order valence-electron chi connectivity index (χ0n) is 13.5. The van der Waals surface area contributed by atoms with Gasteiger partial charge in [0.25, 0.3) is 0 Å². The molecule has 0 unspecified atom stereocenters. The third kappa shape index (κ3) is 5.11. The van der Waals surface area contributed by atoms with Gasteiger partial charge in [0.05, 0.1) is 13.5 Å². The van der Waals surface area contributed by atoms with Gasteiger partial charge in [0.2, 0.25) is 11.0 Å². The first-order valence-corrected chi connectivity index (χ1v) is 9.23. The lowest BCUT2D eigenvalue weighted by Gasteiger charge is -2.02. The Morgan fingerprint density at radius 1 is 1.08 bits per heavy atom. The van der Waals surface area contributed by atoms with Gasteiger partial charge >= 0.3 is 0 Å². The fourth-order valence-electron chi connectivity index (χ4n) is 2.24. The van der Waals surface area contributed by atoms with Crippen molar-refractivity contribution in [3.05, 3.63) is 69.1 Å². The normalized spacial score (nSPS) is 10.5. The molecule has 128 valence electrons. The topological polar surface area (TPSA) is 64.1 Å². The Balaban J connectivity index is 1.57. The lowest BCUT2D eigenvalue weighted by molar-refractivity contribution is -0.115. The van der Waals surface area contributed by atoms with E-state index < -0.39 is 0 Å². The summed E-state index contributed by atoms with van der Waals surface area (Å²) in [5.41, 5.74) is 2.06. The second kappa shape index (κ2) is 8.22. The predicted octanol–water partition coefficient (Wildman–Crippen LogP) is 4.08. The van der Waals surface area contributed by atoms with Gasteiger partial charge in [-0.15, -0.1) is 10.2 Å². The largest absolute Gasteiger partial charge is 0.497 e. The van der Waals surface area contributed by atoms with Gasteiger partial charge in [-0.3, -0.25) is 4.79 Å². The summed E-state index contributed by atoms with van der Waals surface area (Å²) in [5.74, 6) is 0.719. The van der Waals surface area contributed by atoms with E-state index in [-0.39, 0.29) is 5.91 Å². The number of carbonyl (C=O) groups is 1. The zero-order chi connectivity index (χ0) is 17.6. The highest BCUT2D eigenvalue weighted by atomic mass is 79.9. The second-order valence-corrected chi connectivity index (χ2v) is 7.35. The number of ether oxygens (including phenoxy) is 1. The number of aromatic nitrogens is 2. The molecule has 3 aromatic rings. The molecule has 25 heavy (non-hydrogen) atoms. The van der Waals surface area contributed by atoms with Gasteiger partial charge in [0, 0.05) is 10.9 Å². The third-order valence-electron chi connectivity index (χ3n) is 3.51. The van der Waals surface area contributed by atoms with Crippen molar-refractivity contribution in [2.24, 2.45) is 0 Å². The summed E-state index contributed by atoms with van der Waals surface area (Å²) < 4.78 is 6.14. The molecule has 1 aromatic heterocycles. The predicted molar refractivity (Wildman–Crippen MR) is 102 cm³/mol. The van der Waals surface area contributed by atoms with E-state index in [9.17, 15) is 4.79 Å². The number of hydrogen-bond donors (Lipinski definition) is 1. The average Bonchev–Trinajstić information content (AvgIpc) is 3.04.